The maximum atomic E-state index is 11.4. The first-order chi connectivity index (χ1) is 16.7. The Bertz CT molecular complexity index is 1540. The molecule has 1 amide bonds. The molecule has 7 heterocycles. The van der Waals surface area contributed by atoms with Crippen LogP contribution in [0, 0.1) is 0 Å². The summed E-state index contributed by atoms with van der Waals surface area (Å²) in [5.74, 6) is 1.13. The summed E-state index contributed by atoms with van der Waals surface area (Å²) in [4.78, 5) is 22.1. The van der Waals surface area contributed by atoms with Crippen LogP contribution in [-0.4, -0.2) is 43.1 Å². The van der Waals surface area contributed by atoms with Crippen LogP contribution < -0.4 is 5.73 Å². The Morgan fingerprint density at radius 3 is 2.76 bits per heavy atom. The van der Waals surface area contributed by atoms with Crippen LogP contribution in [0.5, 0.6) is 0 Å². The number of anilines is 1. The molecular formula is C25H22N6O2S. The van der Waals surface area contributed by atoms with E-state index in [1.54, 1.807) is 23.7 Å². The summed E-state index contributed by atoms with van der Waals surface area (Å²) in [5, 5.41) is 8.82. The summed E-state index contributed by atoms with van der Waals surface area (Å²) in [6, 6.07) is 5.00. The summed E-state index contributed by atoms with van der Waals surface area (Å²) in [6.07, 6.45) is 14.5. The van der Waals surface area contributed by atoms with Gasteiger partial charge in [0.1, 0.15) is 5.76 Å². The molecule has 34 heavy (non-hydrogen) atoms. The Labute approximate surface area is 199 Å². The van der Waals surface area contributed by atoms with Crippen molar-refractivity contribution < 1.29 is 9.21 Å². The highest BCUT2D eigenvalue weighted by Crippen LogP contribution is 2.42. The summed E-state index contributed by atoms with van der Waals surface area (Å²) < 4.78 is 9.40. The predicted octanol–water partition coefficient (Wildman–Crippen LogP) is 4.87. The number of nitrogens with zero attached hydrogens (tertiary/aromatic N) is 5. The van der Waals surface area contributed by atoms with Crippen molar-refractivity contribution in [2.75, 3.05) is 5.73 Å². The normalized spacial score (nSPS) is 22.1. The summed E-state index contributed by atoms with van der Waals surface area (Å²) >= 11 is 1.64. The van der Waals surface area contributed by atoms with E-state index in [-0.39, 0.29) is 0 Å². The standard InChI is InChI=1S/C25H22N6O2S/c26-25-24-19(7-22(33-24)21-12-34-23-10-27-4-3-18(21)23)20(9-28-25)14-8-29-31(11-14)17-5-15-1-2-16(6-17)30(15)13-32/h3-4,7-13,15-17H,1-2,5-6H2,(H2,26,28)/t15-,16?,17?/m1/s1. The van der Waals surface area contributed by atoms with Crippen molar-refractivity contribution in [3.05, 3.63) is 48.5 Å². The van der Waals surface area contributed by atoms with Gasteiger partial charge in [-0.3, -0.25) is 14.5 Å². The minimum absolute atomic E-state index is 0.297. The van der Waals surface area contributed by atoms with E-state index in [4.69, 9.17) is 15.2 Å². The van der Waals surface area contributed by atoms with E-state index >= 15 is 0 Å². The predicted molar refractivity (Wildman–Crippen MR) is 131 cm³/mol. The van der Waals surface area contributed by atoms with Gasteiger partial charge in [0, 0.05) is 69.7 Å². The molecule has 8 nitrogen and oxygen atoms in total. The zero-order valence-corrected chi connectivity index (χ0v) is 19.1. The number of carbonyl (C=O) groups is 1. The number of pyridine rings is 2. The van der Waals surface area contributed by atoms with Gasteiger partial charge >= 0.3 is 0 Å². The second-order valence-electron chi connectivity index (χ2n) is 9.20. The van der Waals surface area contributed by atoms with Crippen molar-refractivity contribution in [2.24, 2.45) is 0 Å². The fraction of sp³-hybridized carbons (Fsp3) is 0.280. The summed E-state index contributed by atoms with van der Waals surface area (Å²) in [5.41, 5.74) is 9.74. The molecule has 0 spiro atoms. The number of aromatic nitrogens is 4. The maximum absolute atomic E-state index is 11.4. The number of hydrogen-bond acceptors (Lipinski definition) is 7. The van der Waals surface area contributed by atoms with Crippen LogP contribution in [0.2, 0.25) is 0 Å². The Morgan fingerprint density at radius 1 is 1.09 bits per heavy atom. The fourth-order valence-electron chi connectivity index (χ4n) is 5.73. The van der Waals surface area contributed by atoms with Gasteiger partial charge in [-0.15, -0.1) is 11.3 Å². The highest BCUT2D eigenvalue weighted by molar-refractivity contribution is 7.17. The lowest BCUT2D eigenvalue weighted by Gasteiger charge is -2.36. The summed E-state index contributed by atoms with van der Waals surface area (Å²) in [7, 11) is 0. The van der Waals surface area contributed by atoms with E-state index in [1.165, 1.54) is 0 Å². The topological polar surface area (TPSA) is 103 Å². The molecule has 0 radical (unpaired) electrons. The van der Waals surface area contributed by atoms with Crippen LogP contribution >= 0.6 is 11.3 Å². The van der Waals surface area contributed by atoms with Crippen LogP contribution in [0.25, 0.3) is 43.5 Å². The maximum Gasteiger partial charge on any atom is 0.210 e. The first kappa shape index (κ1) is 19.7. The van der Waals surface area contributed by atoms with Crippen molar-refractivity contribution in [3.63, 3.8) is 0 Å². The average Bonchev–Trinajstić information content (AvgIpc) is 3.63. The summed E-state index contributed by atoms with van der Waals surface area (Å²) in [6.45, 7) is 0. The van der Waals surface area contributed by atoms with E-state index < -0.39 is 0 Å². The number of nitrogens with two attached hydrogens (primary N) is 1. The number of hydrogen-bond donors (Lipinski definition) is 1. The SMILES string of the molecule is Nc1ncc(-c2cnn(C3CC4CC[C@H](C3)N4C=O)c2)c2cc(-c3csc4cnccc34)oc12. The molecular weight excluding hydrogens is 448 g/mol. The highest BCUT2D eigenvalue weighted by atomic mass is 32.1. The third kappa shape index (κ3) is 2.89. The lowest BCUT2D eigenvalue weighted by molar-refractivity contribution is -0.122. The molecule has 5 aromatic heterocycles. The zero-order chi connectivity index (χ0) is 22.8. The number of piperidine rings is 1. The first-order valence-electron chi connectivity index (χ1n) is 11.5. The van der Waals surface area contributed by atoms with Crippen LogP contribution in [0.15, 0.2) is 52.9 Å². The van der Waals surface area contributed by atoms with Gasteiger partial charge < -0.3 is 15.1 Å². The Morgan fingerprint density at radius 2 is 1.94 bits per heavy atom. The lowest BCUT2D eigenvalue weighted by atomic mass is 9.98. The average molecular weight is 471 g/mol. The second kappa shape index (κ2) is 7.39. The lowest BCUT2D eigenvalue weighted by Crippen LogP contribution is -2.42. The van der Waals surface area contributed by atoms with Gasteiger partial charge in [0.2, 0.25) is 6.41 Å². The molecule has 3 atom stereocenters. The van der Waals surface area contributed by atoms with Crippen molar-refractivity contribution in [2.45, 2.75) is 43.8 Å². The van der Waals surface area contributed by atoms with Crippen molar-refractivity contribution in [1.82, 2.24) is 24.6 Å². The number of thiophene rings is 1. The molecule has 5 aromatic rings. The van der Waals surface area contributed by atoms with Gasteiger partial charge in [0.05, 0.1) is 16.9 Å². The van der Waals surface area contributed by atoms with E-state index in [0.29, 0.717) is 29.5 Å². The van der Waals surface area contributed by atoms with Gasteiger partial charge in [-0.05, 0) is 37.8 Å². The van der Waals surface area contributed by atoms with Crippen LogP contribution in [-0.2, 0) is 4.79 Å². The number of amides is 1. The molecule has 2 unspecified atom stereocenters. The molecule has 2 bridgehead atoms. The van der Waals surface area contributed by atoms with Gasteiger partial charge in [0.15, 0.2) is 11.4 Å². The number of carbonyl (C=O) groups excluding carboxylic acids is 1. The fourth-order valence-corrected chi connectivity index (χ4v) is 6.64. The monoisotopic (exact) mass is 470 g/mol. The number of nitrogen functional groups attached to an aromatic ring is 1. The van der Waals surface area contributed by atoms with Crippen LogP contribution in [0.3, 0.4) is 0 Å². The number of fused-ring (bicyclic) bond motifs is 4. The molecule has 0 aliphatic carbocycles. The molecule has 170 valence electrons. The Hall–Kier alpha value is -3.72. The third-order valence-corrected chi connectivity index (χ3v) is 8.34. The van der Waals surface area contributed by atoms with Crippen molar-refractivity contribution in [3.8, 4) is 22.5 Å². The molecule has 2 aliphatic heterocycles. The van der Waals surface area contributed by atoms with E-state index in [2.05, 4.69) is 26.2 Å². The Balaban J connectivity index is 1.27. The largest absolute Gasteiger partial charge is 0.452 e. The molecule has 0 saturated carbocycles. The molecule has 0 aromatic carbocycles. The first-order valence-corrected chi connectivity index (χ1v) is 12.3. The third-order valence-electron chi connectivity index (χ3n) is 7.40. The minimum Gasteiger partial charge on any atom is -0.452 e. The molecule has 2 N–H and O–H groups in total. The zero-order valence-electron chi connectivity index (χ0n) is 18.3. The van der Waals surface area contributed by atoms with Gasteiger partial charge in [-0.1, -0.05) is 0 Å². The van der Waals surface area contributed by atoms with E-state index in [9.17, 15) is 4.79 Å². The van der Waals surface area contributed by atoms with Crippen LogP contribution in [0.1, 0.15) is 31.7 Å². The van der Waals surface area contributed by atoms with Gasteiger partial charge in [-0.2, -0.15) is 5.10 Å². The van der Waals surface area contributed by atoms with Gasteiger partial charge in [-0.25, -0.2) is 4.98 Å². The van der Waals surface area contributed by atoms with E-state index in [1.807, 2.05) is 29.4 Å². The molecule has 7 rings (SSSR count). The van der Waals surface area contributed by atoms with Crippen molar-refractivity contribution in [1.29, 1.82) is 0 Å². The van der Waals surface area contributed by atoms with Crippen molar-refractivity contribution >= 4 is 44.6 Å². The van der Waals surface area contributed by atoms with Crippen LogP contribution in [0.4, 0.5) is 5.82 Å². The smallest absolute Gasteiger partial charge is 0.210 e. The highest BCUT2D eigenvalue weighted by Gasteiger charge is 2.40. The number of furan rings is 1. The van der Waals surface area contributed by atoms with E-state index in [0.717, 1.165) is 70.0 Å². The quantitative estimate of drug-likeness (QED) is 0.376. The Kier molecular flexibility index (Phi) is 4.29. The molecule has 2 aliphatic rings. The molecule has 2 saturated heterocycles. The molecule has 9 heteroatoms. The minimum atomic E-state index is 0.297. The number of rotatable bonds is 4. The van der Waals surface area contributed by atoms with Gasteiger partial charge in [0.25, 0.3) is 0 Å². The second-order valence-corrected chi connectivity index (χ2v) is 10.1. The molecule has 2 fully saturated rings.